The molecule has 27 heavy (non-hydrogen) atoms. The Morgan fingerprint density at radius 3 is 2.48 bits per heavy atom. The van der Waals surface area contributed by atoms with E-state index in [4.69, 9.17) is 5.11 Å². The molecule has 0 unspecified atom stereocenters. The summed E-state index contributed by atoms with van der Waals surface area (Å²) in [5.74, 6) is -2.25. The zero-order valence-electron chi connectivity index (χ0n) is 14.0. The Labute approximate surface area is 159 Å². The first kappa shape index (κ1) is 18.4. The highest BCUT2D eigenvalue weighted by atomic mass is 32.2. The van der Waals surface area contributed by atoms with Crippen LogP contribution in [-0.4, -0.2) is 26.9 Å². The lowest BCUT2D eigenvalue weighted by Crippen LogP contribution is -2.07. The number of aromatic nitrogens is 1. The summed E-state index contributed by atoms with van der Waals surface area (Å²) in [7, 11) is 0. The lowest BCUT2D eigenvalue weighted by atomic mass is 10.0. The van der Waals surface area contributed by atoms with Gasteiger partial charge >= 0.3 is 5.97 Å². The highest BCUT2D eigenvalue weighted by molar-refractivity contribution is 7.99. The van der Waals surface area contributed by atoms with Crippen molar-refractivity contribution in [1.82, 2.24) is 4.98 Å². The number of carboxylic acids is 1. The molecule has 0 saturated heterocycles. The molecule has 0 fully saturated rings. The quantitative estimate of drug-likeness (QED) is 0.623. The second kappa shape index (κ2) is 7.89. The third-order valence-corrected chi connectivity index (χ3v) is 4.85. The molecule has 0 bridgehead atoms. The van der Waals surface area contributed by atoms with E-state index < -0.39 is 17.5 Å². The predicted molar refractivity (Wildman–Crippen MR) is 99.9 cm³/mol. The Bertz CT molecular complexity index is 1070. The second-order valence-corrected chi connectivity index (χ2v) is 6.85. The summed E-state index contributed by atoms with van der Waals surface area (Å²) in [6.45, 7) is 0. The van der Waals surface area contributed by atoms with Gasteiger partial charge in [-0.3, -0.25) is 9.59 Å². The molecule has 0 amide bonds. The van der Waals surface area contributed by atoms with Gasteiger partial charge in [0, 0.05) is 21.6 Å². The van der Waals surface area contributed by atoms with Crippen molar-refractivity contribution in [3.63, 3.8) is 0 Å². The Morgan fingerprint density at radius 2 is 1.81 bits per heavy atom. The van der Waals surface area contributed by atoms with E-state index in [2.05, 4.69) is 4.98 Å². The summed E-state index contributed by atoms with van der Waals surface area (Å²) >= 11 is 1.50. The van der Waals surface area contributed by atoms with Gasteiger partial charge in [0.1, 0.15) is 17.3 Å². The summed E-state index contributed by atoms with van der Waals surface area (Å²) in [6.07, 6.45) is -0.666. The fourth-order valence-corrected chi connectivity index (χ4v) is 3.45. The number of rotatable bonds is 6. The van der Waals surface area contributed by atoms with E-state index in [1.807, 2.05) is 42.5 Å². The minimum absolute atomic E-state index is 0.0470. The maximum Gasteiger partial charge on any atom is 0.303 e. The van der Waals surface area contributed by atoms with Gasteiger partial charge in [-0.05, 0) is 30.3 Å². The number of Topliss-reactive ketones (excluding diaryl/α,β-unsaturated/α-hetero) is 1. The Hall–Kier alpha value is -3.37. The number of pyridine rings is 1. The first-order valence-corrected chi connectivity index (χ1v) is 8.86. The Balaban J connectivity index is 2.02. The van der Waals surface area contributed by atoms with Crippen molar-refractivity contribution in [2.75, 3.05) is 0 Å². The first-order chi connectivity index (χ1) is 13.0. The van der Waals surface area contributed by atoms with E-state index in [-0.39, 0.29) is 24.1 Å². The SMILES string of the molecule is N#Cc1c(O)c(C(=O)CCC(=O)O)nc2ccc(Sc3ccccc3)cc12. The van der Waals surface area contributed by atoms with Gasteiger partial charge in [0.2, 0.25) is 0 Å². The molecule has 7 heteroatoms. The van der Waals surface area contributed by atoms with E-state index in [1.54, 1.807) is 12.1 Å². The van der Waals surface area contributed by atoms with Crippen molar-refractivity contribution >= 4 is 34.4 Å². The van der Waals surface area contributed by atoms with Crippen molar-refractivity contribution in [2.45, 2.75) is 22.6 Å². The molecule has 0 spiro atoms. The molecule has 6 nitrogen and oxygen atoms in total. The topological polar surface area (TPSA) is 111 Å². The molecule has 0 aliphatic rings. The number of benzene rings is 2. The lowest BCUT2D eigenvalue weighted by Gasteiger charge is -2.09. The number of nitriles is 1. The number of hydrogen-bond acceptors (Lipinski definition) is 6. The van der Waals surface area contributed by atoms with Gasteiger partial charge in [-0.15, -0.1) is 0 Å². The number of carbonyl (C=O) groups is 2. The number of nitrogens with zero attached hydrogens (tertiary/aromatic N) is 2. The monoisotopic (exact) mass is 378 g/mol. The van der Waals surface area contributed by atoms with E-state index in [0.29, 0.717) is 10.9 Å². The smallest absolute Gasteiger partial charge is 0.303 e. The fraction of sp³-hybridized carbons (Fsp3) is 0.100. The van der Waals surface area contributed by atoms with Crippen LogP contribution in [0.2, 0.25) is 0 Å². The summed E-state index contributed by atoms with van der Waals surface area (Å²) in [6, 6.07) is 16.8. The third kappa shape index (κ3) is 4.07. The van der Waals surface area contributed by atoms with Crippen molar-refractivity contribution in [2.24, 2.45) is 0 Å². The largest absolute Gasteiger partial charge is 0.504 e. The molecule has 3 rings (SSSR count). The lowest BCUT2D eigenvalue weighted by molar-refractivity contribution is -0.136. The van der Waals surface area contributed by atoms with Crippen LogP contribution in [0.5, 0.6) is 5.75 Å². The summed E-state index contributed by atoms with van der Waals surface area (Å²) in [5, 5.41) is 29.0. The zero-order valence-corrected chi connectivity index (χ0v) is 14.9. The normalized spacial score (nSPS) is 10.5. The average molecular weight is 378 g/mol. The molecule has 134 valence electrons. The molecule has 2 aromatic carbocycles. The number of fused-ring (bicyclic) bond motifs is 1. The number of aromatic hydroxyl groups is 1. The molecule has 0 radical (unpaired) electrons. The van der Waals surface area contributed by atoms with E-state index in [1.165, 1.54) is 11.8 Å². The van der Waals surface area contributed by atoms with E-state index in [9.17, 15) is 20.0 Å². The number of carboxylic acid groups (broad SMARTS) is 1. The van der Waals surface area contributed by atoms with Crippen LogP contribution in [0.25, 0.3) is 10.9 Å². The van der Waals surface area contributed by atoms with Gasteiger partial charge in [0.25, 0.3) is 0 Å². The van der Waals surface area contributed by atoms with Gasteiger partial charge in [-0.1, -0.05) is 30.0 Å². The maximum absolute atomic E-state index is 12.2. The molecule has 0 atom stereocenters. The van der Waals surface area contributed by atoms with Gasteiger partial charge in [-0.2, -0.15) is 5.26 Å². The predicted octanol–water partition coefficient (Wildman–Crippen LogP) is 4.01. The van der Waals surface area contributed by atoms with Crippen LogP contribution in [0.1, 0.15) is 28.9 Å². The number of carbonyl (C=O) groups excluding carboxylic acids is 1. The molecule has 1 aromatic heterocycles. The van der Waals surface area contributed by atoms with Crippen molar-refractivity contribution in [3.8, 4) is 11.8 Å². The van der Waals surface area contributed by atoms with Crippen LogP contribution >= 0.6 is 11.8 Å². The third-order valence-electron chi connectivity index (χ3n) is 3.85. The van der Waals surface area contributed by atoms with Crippen molar-refractivity contribution in [3.05, 3.63) is 59.8 Å². The molecular weight excluding hydrogens is 364 g/mol. The summed E-state index contributed by atoms with van der Waals surface area (Å²) < 4.78 is 0. The summed E-state index contributed by atoms with van der Waals surface area (Å²) in [5.41, 5.74) is 0.0679. The number of hydrogen-bond donors (Lipinski definition) is 2. The second-order valence-electron chi connectivity index (χ2n) is 5.71. The van der Waals surface area contributed by atoms with Crippen LogP contribution in [0.4, 0.5) is 0 Å². The fourth-order valence-electron chi connectivity index (χ4n) is 2.57. The molecule has 0 saturated carbocycles. The van der Waals surface area contributed by atoms with E-state index in [0.717, 1.165) is 9.79 Å². The van der Waals surface area contributed by atoms with Crippen LogP contribution in [0.15, 0.2) is 58.3 Å². The van der Waals surface area contributed by atoms with Gasteiger partial charge in [-0.25, -0.2) is 4.98 Å². The molecular formula is C20H14N2O4S. The van der Waals surface area contributed by atoms with Crippen LogP contribution in [0.3, 0.4) is 0 Å². The zero-order chi connectivity index (χ0) is 19.4. The van der Waals surface area contributed by atoms with E-state index >= 15 is 0 Å². The molecule has 0 aliphatic heterocycles. The van der Waals surface area contributed by atoms with Crippen LogP contribution in [-0.2, 0) is 4.79 Å². The standard InChI is InChI=1S/C20H14N2O4S/c21-11-15-14-10-13(27-12-4-2-1-3-5-12)6-7-16(14)22-19(20(15)26)17(23)8-9-18(24)25/h1-7,10,26H,8-9H2,(H,24,25). The van der Waals surface area contributed by atoms with Crippen LogP contribution < -0.4 is 0 Å². The van der Waals surface area contributed by atoms with Gasteiger partial charge in [0.05, 0.1) is 11.9 Å². The minimum Gasteiger partial charge on any atom is -0.504 e. The number of aliphatic carboxylic acids is 1. The molecule has 3 aromatic rings. The summed E-state index contributed by atoms with van der Waals surface area (Å²) in [4.78, 5) is 28.9. The highest BCUT2D eigenvalue weighted by Crippen LogP contribution is 2.34. The highest BCUT2D eigenvalue weighted by Gasteiger charge is 2.20. The minimum atomic E-state index is -1.12. The Morgan fingerprint density at radius 1 is 1.07 bits per heavy atom. The number of ketones is 1. The van der Waals surface area contributed by atoms with Crippen molar-refractivity contribution < 1.29 is 19.8 Å². The maximum atomic E-state index is 12.2. The van der Waals surface area contributed by atoms with Crippen molar-refractivity contribution in [1.29, 1.82) is 5.26 Å². The van der Waals surface area contributed by atoms with Gasteiger partial charge in [0.15, 0.2) is 11.5 Å². The van der Waals surface area contributed by atoms with Crippen LogP contribution in [0, 0.1) is 11.3 Å². The Kier molecular flexibility index (Phi) is 5.38. The molecule has 0 aliphatic carbocycles. The molecule has 2 N–H and O–H groups in total. The average Bonchev–Trinajstić information content (AvgIpc) is 2.66. The van der Waals surface area contributed by atoms with Gasteiger partial charge < -0.3 is 10.2 Å². The first-order valence-electron chi connectivity index (χ1n) is 8.04. The molecule has 1 heterocycles.